The minimum absolute atomic E-state index is 0.0586. The Labute approximate surface area is 114 Å². The van der Waals surface area contributed by atoms with E-state index in [1.54, 1.807) is 0 Å². The van der Waals surface area contributed by atoms with E-state index in [-0.39, 0.29) is 13.2 Å². The van der Waals surface area contributed by atoms with E-state index in [0.717, 1.165) is 12.8 Å². The third-order valence-corrected chi connectivity index (χ3v) is 3.18. The summed E-state index contributed by atoms with van der Waals surface area (Å²) in [5.74, 6) is 0. The van der Waals surface area contributed by atoms with Crippen LogP contribution in [-0.2, 0) is 9.47 Å². The molecule has 1 rings (SSSR count). The van der Waals surface area contributed by atoms with Crippen molar-refractivity contribution in [2.75, 3.05) is 19.8 Å². The molecule has 1 fully saturated rings. The molecule has 0 unspecified atom stereocenters. The number of aliphatic hydroxyl groups excluding tert-OH is 3. The Hall–Kier alpha value is -0.460. The third-order valence-electron chi connectivity index (χ3n) is 3.18. The van der Waals surface area contributed by atoms with Crippen molar-refractivity contribution < 1.29 is 24.8 Å². The minimum Gasteiger partial charge on any atom is -0.388 e. The van der Waals surface area contributed by atoms with E-state index in [1.807, 2.05) is 0 Å². The number of ether oxygens (including phenoxy) is 2. The molecule has 0 aromatic rings. The van der Waals surface area contributed by atoms with Crippen LogP contribution < -0.4 is 0 Å². The SMILES string of the molecule is CCCC/C=C/CCOC[C@H](O)[C@H]1OC[C@@H](O)[C@H]1O. The lowest BCUT2D eigenvalue weighted by Crippen LogP contribution is -2.40. The normalized spacial score (nSPS) is 29.2. The molecule has 1 heterocycles. The van der Waals surface area contributed by atoms with Gasteiger partial charge in [-0.2, -0.15) is 0 Å². The van der Waals surface area contributed by atoms with Crippen LogP contribution in [0.4, 0.5) is 0 Å². The fourth-order valence-corrected chi connectivity index (χ4v) is 1.97. The van der Waals surface area contributed by atoms with E-state index in [0.29, 0.717) is 6.61 Å². The van der Waals surface area contributed by atoms with Crippen molar-refractivity contribution >= 4 is 0 Å². The van der Waals surface area contributed by atoms with E-state index in [4.69, 9.17) is 9.47 Å². The maximum atomic E-state index is 9.77. The van der Waals surface area contributed by atoms with Gasteiger partial charge in [0.1, 0.15) is 24.4 Å². The van der Waals surface area contributed by atoms with E-state index >= 15 is 0 Å². The summed E-state index contributed by atoms with van der Waals surface area (Å²) < 4.78 is 10.4. The topological polar surface area (TPSA) is 79.2 Å². The molecule has 1 saturated heterocycles. The average molecular weight is 274 g/mol. The van der Waals surface area contributed by atoms with Crippen LogP contribution in [0.3, 0.4) is 0 Å². The van der Waals surface area contributed by atoms with Gasteiger partial charge in [0, 0.05) is 0 Å². The summed E-state index contributed by atoms with van der Waals surface area (Å²) in [5, 5.41) is 28.6. The molecule has 5 heteroatoms. The summed E-state index contributed by atoms with van der Waals surface area (Å²) in [6.45, 7) is 2.86. The summed E-state index contributed by atoms with van der Waals surface area (Å²) in [5.41, 5.74) is 0. The van der Waals surface area contributed by atoms with Crippen molar-refractivity contribution in [2.24, 2.45) is 0 Å². The maximum absolute atomic E-state index is 9.77. The second-order valence-electron chi connectivity index (χ2n) is 4.90. The van der Waals surface area contributed by atoms with Gasteiger partial charge in [-0.15, -0.1) is 0 Å². The number of hydrogen-bond donors (Lipinski definition) is 3. The van der Waals surface area contributed by atoms with Crippen molar-refractivity contribution in [3.8, 4) is 0 Å². The molecular formula is C14H26O5. The zero-order chi connectivity index (χ0) is 14.1. The van der Waals surface area contributed by atoms with Crippen LogP contribution in [0, 0.1) is 0 Å². The van der Waals surface area contributed by atoms with Gasteiger partial charge < -0.3 is 24.8 Å². The number of unbranched alkanes of at least 4 members (excludes halogenated alkanes) is 2. The number of hydrogen-bond acceptors (Lipinski definition) is 5. The van der Waals surface area contributed by atoms with E-state index in [1.165, 1.54) is 12.8 Å². The van der Waals surface area contributed by atoms with E-state index in [2.05, 4.69) is 19.1 Å². The molecule has 0 amide bonds. The summed E-state index contributed by atoms with van der Waals surface area (Å²) in [4.78, 5) is 0. The van der Waals surface area contributed by atoms with Crippen LogP contribution in [0.1, 0.15) is 32.6 Å². The molecule has 0 bridgehead atoms. The van der Waals surface area contributed by atoms with Crippen LogP contribution in [-0.4, -0.2) is 59.6 Å². The lowest BCUT2D eigenvalue weighted by molar-refractivity contribution is -0.0806. The molecule has 0 aliphatic carbocycles. The fourth-order valence-electron chi connectivity index (χ4n) is 1.97. The van der Waals surface area contributed by atoms with Gasteiger partial charge >= 0.3 is 0 Å². The lowest BCUT2D eigenvalue weighted by Gasteiger charge is -2.20. The smallest absolute Gasteiger partial charge is 0.114 e. The second kappa shape index (κ2) is 9.44. The first-order valence-electron chi connectivity index (χ1n) is 7.05. The van der Waals surface area contributed by atoms with Gasteiger partial charge in [-0.3, -0.25) is 0 Å². The van der Waals surface area contributed by atoms with Gasteiger partial charge in [0.15, 0.2) is 0 Å². The van der Waals surface area contributed by atoms with Crippen molar-refractivity contribution in [2.45, 2.75) is 57.0 Å². The Morgan fingerprint density at radius 3 is 2.68 bits per heavy atom. The van der Waals surface area contributed by atoms with Gasteiger partial charge in [-0.1, -0.05) is 31.9 Å². The van der Waals surface area contributed by atoms with Crippen LogP contribution in [0.15, 0.2) is 12.2 Å². The van der Waals surface area contributed by atoms with Gasteiger partial charge in [-0.05, 0) is 12.8 Å². The standard InChI is InChI=1S/C14H26O5/c1-2-3-4-5-6-7-8-18-9-12(16)14-13(17)11(15)10-19-14/h5-6,11-17H,2-4,7-10H2,1H3/b6-5+/t11-,12+,13-,14-/m1/s1. The molecule has 0 spiro atoms. The molecule has 4 atom stereocenters. The zero-order valence-electron chi connectivity index (χ0n) is 11.6. The summed E-state index contributed by atoms with van der Waals surface area (Å²) in [7, 11) is 0. The van der Waals surface area contributed by atoms with Crippen LogP contribution in [0.5, 0.6) is 0 Å². The molecule has 0 aromatic heterocycles. The van der Waals surface area contributed by atoms with Gasteiger partial charge in [0.05, 0.1) is 19.8 Å². The average Bonchev–Trinajstić information content (AvgIpc) is 2.73. The molecule has 0 saturated carbocycles. The Bertz CT molecular complexity index is 256. The molecule has 1 aliphatic heterocycles. The van der Waals surface area contributed by atoms with Crippen molar-refractivity contribution in [3.05, 3.63) is 12.2 Å². The molecule has 0 radical (unpaired) electrons. The first kappa shape index (κ1) is 16.6. The van der Waals surface area contributed by atoms with Gasteiger partial charge in [-0.25, -0.2) is 0 Å². The Morgan fingerprint density at radius 2 is 2.05 bits per heavy atom. The summed E-state index contributed by atoms with van der Waals surface area (Å²) >= 11 is 0. The van der Waals surface area contributed by atoms with Crippen LogP contribution in [0.2, 0.25) is 0 Å². The highest BCUT2D eigenvalue weighted by Gasteiger charge is 2.39. The van der Waals surface area contributed by atoms with Crippen LogP contribution in [0.25, 0.3) is 0 Å². The van der Waals surface area contributed by atoms with Crippen LogP contribution >= 0.6 is 0 Å². The molecule has 3 N–H and O–H groups in total. The zero-order valence-corrected chi connectivity index (χ0v) is 11.6. The monoisotopic (exact) mass is 274 g/mol. The molecule has 5 nitrogen and oxygen atoms in total. The fraction of sp³-hybridized carbons (Fsp3) is 0.857. The lowest BCUT2D eigenvalue weighted by atomic mass is 10.1. The maximum Gasteiger partial charge on any atom is 0.114 e. The Morgan fingerprint density at radius 1 is 1.32 bits per heavy atom. The highest BCUT2D eigenvalue weighted by Crippen LogP contribution is 2.17. The summed E-state index contributed by atoms with van der Waals surface area (Å²) in [6, 6.07) is 0. The summed E-state index contributed by atoms with van der Waals surface area (Å²) in [6.07, 6.45) is 4.92. The first-order valence-corrected chi connectivity index (χ1v) is 7.05. The van der Waals surface area contributed by atoms with Crippen molar-refractivity contribution in [1.82, 2.24) is 0 Å². The van der Waals surface area contributed by atoms with Gasteiger partial charge in [0.25, 0.3) is 0 Å². The quantitative estimate of drug-likeness (QED) is 0.424. The molecular weight excluding hydrogens is 248 g/mol. The number of allylic oxidation sites excluding steroid dienone is 1. The largest absolute Gasteiger partial charge is 0.388 e. The predicted octanol–water partition coefficient (Wildman–Crippen LogP) is 0.621. The Kier molecular flexibility index (Phi) is 8.25. The molecule has 1 aliphatic rings. The van der Waals surface area contributed by atoms with Crippen molar-refractivity contribution in [1.29, 1.82) is 0 Å². The number of rotatable bonds is 9. The number of aliphatic hydroxyl groups is 3. The third kappa shape index (κ3) is 6.01. The molecule has 112 valence electrons. The molecule has 19 heavy (non-hydrogen) atoms. The highest BCUT2D eigenvalue weighted by atomic mass is 16.5. The Balaban J connectivity index is 2.04. The van der Waals surface area contributed by atoms with Crippen molar-refractivity contribution in [3.63, 3.8) is 0 Å². The first-order chi connectivity index (χ1) is 9.16. The second-order valence-corrected chi connectivity index (χ2v) is 4.90. The van der Waals surface area contributed by atoms with Gasteiger partial charge in [0.2, 0.25) is 0 Å². The van der Waals surface area contributed by atoms with E-state index < -0.39 is 24.4 Å². The van der Waals surface area contributed by atoms with E-state index in [9.17, 15) is 15.3 Å². The highest BCUT2D eigenvalue weighted by molar-refractivity contribution is 4.88. The predicted molar refractivity (Wildman–Crippen MR) is 71.9 cm³/mol. The molecule has 0 aromatic carbocycles. The minimum atomic E-state index is -1.03.